The monoisotopic (exact) mass is 308 g/mol. The number of rotatable bonds is 6. The molecule has 0 atom stereocenters. The van der Waals surface area contributed by atoms with Gasteiger partial charge < -0.3 is 15.2 Å². The van der Waals surface area contributed by atoms with Gasteiger partial charge in [-0.15, -0.1) is 11.3 Å². The van der Waals surface area contributed by atoms with Crippen LogP contribution in [0, 0.1) is 6.92 Å². The van der Waals surface area contributed by atoms with E-state index >= 15 is 0 Å². The van der Waals surface area contributed by atoms with Crippen LogP contribution >= 0.6 is 23.6 Å². The van der Waals surface area contributed by atoms with E-state index in [0.717, 1.165) is 26.9 Å². The lowest BCUT2D eigenvalue weighted by atomic mass is 10.2. The highest BCUT2D eigenvalue weighted by atomic mass is 32.1. The van der Waals surface area contributed by atoms with Crippen LogP contribution in [0.25, 0.3) is 0 Å². The maximum atomic E-state index is 5.72. The Bertz CT molecular complexity index is 611. The second-order valence-electron chi connectivity index (χ2n) is 4.29. The topological polar surface area (TPSA) is 57.4 Å². The molecule has 1 aromatic carbocycles. The zero-order valence-electron chi connectivity index (χ0n) is 11.4. The van der Waals surface area contributed by atoms with Crippen LogP contribution in [0.1, 0.15) is 21.1 Å². The van der Waals surface area contributed by atoms with Crippen LogP contribution in [0.5, 0.6) is 5.75 Å². The second kappa shape index (κ2) is 6.78. The Morgan fingerprint density at radius 1 is 1.40 bits per heavy atom. The van der Waals surface area contributed by atoms with Crippen molar-refractivity contribution in [3.05, 3.63) is 45.4 Å². The van der Waals surface area contributed by atoms with Crippen LogP contribution in [0.4, 0.5) is 0 Å². The molecule has 0 aliphatic rings. The second-order valence-corrected chi connectivity index (χ2v) is 5.81. The molecule has 0 spiro atoms. The van der Waals surface area contributed by atoms with Gasteiger partial charge in [0.25, 0.3) is 0 Å². The highest BCUT2D eigenvalue weighted by Crippen LogP contribution is 2.21. The Morgan fingerprint density at radius 3 is 2.85 bits per heavy atom. The van der Waals surface area contributed by atoms with Crippen molar-refractivity contribution >= 4 is 28.5 Å². The third-order valence-corrected chi connectivity index (χ3v) is 4.04. The summed E-state index contributed by atoms with van der Waals surface area (Å²) in [5, 5.41) is 0.835. The summed E-state index contributed by atoms with van der Waals surface area (Å²) in [7, 11) is 1.62. The van der Waals surface area contributed by atoms with Crippen molar-refractivity contribution in [2.24, 2.45) is 5.73 Å². The molecule has 0 fully saturated rings. The zero-order chi connectivity index (χ0) is 14.5. The third-order valence-electron chi connectivity index (χ3n) is 2.60. The van der Waals surface area contributed by atoms with Gasteiger partial charge in [-0.3, -0.25) is 0 Å². The quantitative estimate of drug-likeness (QED) is 0.832. The smallest absolute Gasteiger partial charge is 0.140 e. The van der Waals surface area contributed by atoms with Crippen molar-refractivity contribution in [3.8, 4) is 5.75 Å². The van der Waals surface area contributed by atoms with Crippen LogP contribution < -0.4 is 10.5 Å². The summed E-state index contributed by atoms with van der Waals surface area (Å²) >= 11 is 6.47. The molecule has 0 saturated heterocycles. The Balaban J connectivity index is 2.09. The van der Waals surface area contributed by atoms with E-state index in [9.17, 15) is 0 Å². The minimum atomic E-state index is 0.344. The lowest BCUT2D eigenvalue weighted by molar-refractivity contribution is 0.181. The average molecular weight is 308 g/mol. The molecule has 20 heavy (non-hydrogen) atoms. The minimum Gasteiger partial charge on any atom is -0.486 e. The average Bonchev–Trinajstić information content (AvgIpc) is 2.80. The van der Waals surface area contributed by atoms with Crippen LogP contribution in [0.2, 0.25) is 0 Å². The number of benzene rings is 1. The molecule has 106 valence electrons. The predicted octanol–water partition coefficient (Wildman–Crippen LogP) is 2.81. The summed E-state index contributed by atoms with van der Waals surface area (Å²) in [6.45, 7) is 2.82. The first-order valence-corrected chi connectivity index (χ1v) is 7.29. The SMILES string of the molecule is COCc1nc(COc2cccc(C)c2)sc1C(N)=S. The van der Waals surface area contributed by atoms with Gasteiger partial charge in [0.1, 0.15) is 22.4 Å². The number of aryl methyl sites for hydroxylation is 1. The van der Waals surface area contributed by atoms with Crippen LogP contribution in [-0.2, 0) is 18.0 Å². The fourth-order valence-corrected chi connectivity index (χ4v) is 2.81. The molecule has 2 N–H and O–H groups in total. The predicted molar refractivity (Wildman–Crippen MR) is 84.2 cm³/mol. The number of methoxy groups -OCH3 is 1. The lowest BCUT2D eigenvalue weighted by Gasteiger charge is -2.04. The summed E-state index contributed by atoms with van der Waals surface area (Å²) in [6, 6.07) is 7.89. The van der Waals surface area contributed by atoms with Gasteiger partial charge in [0.15, 0.2) is 0 Å². The van der Waals surface area contributed by atoms with Crippen molar-refractivity contribution in [1.29, 1.82) is 0 Å². The van der Waals surface area contributed by atoms with Crippen molar-refractivity contribution in [2.45, 2.75) is 20.1 Å². The van der Waals surface area contributed by atoms with E-state index in [1.165, 1.54) is 11.3 Å². The molecule has 0 amide bonds. The van der Waals surface area contributed by atoms with Crippen molar-refractivity contribution in [1.82, 2.24) is 4.98 Å². The number of aromatic nitrogens is 1. The van der Waals surface area contributed by atoms with Gasteiger partial charge in [0.2, 0.25) is 0 Å². The Hall–Kier alpha value is -1.50. The molecule has 0 saturated carbocycles. The van der Waals surface area contributed by atoms with Crippen molar-refractivity contribution < 1.29 is 9.47 Å². The van der Waals surface area contributed by atoms with E-state index in [4.69, 9.17) is 27.4 Å². The molecule has 2 aromatic rings. The van der Waals surface area contributed by atoms with E-state index in [1.54, 1.807) is 7.11 Å². The summed E-state index contributed by atoms with van der Waals surface area (Å²) < 4.78 is 10.8. The maximum Gasteiger partial charge on any atom is 0.140 e. The fraction of sp³-hybridized carbons (Fsp3) is 0.286. The molecule has 0 bridgehead atoms. The van der Waals surface area contributed by atoms with E-state index in [1.807, 2.05) is 31.2 Å². The molecular formula is C14H16N2O2S2. The largest absolute Gasteiger partial charge is 0.486 e. The highest BCUT2D eigenvalue weighted by molar-refractivity contribution is 7.81. The summed E-state index contributed by atoms with van der Waals surface area (Å²) in [4.78, 5) is 5.60. The first kappa shape index (κ1) is 14.9. The van der Waals surface area contributed by atoms with E-state index in [2.05, 4.69) is 4.98 Å². The van der Waals surface area contributed by atoms with Gasteiger partial charge >= 0.3 is 0 Å². The summed E-state index contributed by atoms with van der Waals surface area (Å²) in [5.41, 5.74) is 7.62. The number of thiazole rings is 1. The van der Waals surface area contributed by atoms with Gasteiger partial charge in [-0.05, 0) is 24.6 Å². The number of nitrogens with two attached hydrogens (primary N) is 1. The molecule has 0 aliphatic carbocycles. The Kier molecular flexibility index (Phi) is 5.05. The minimum absolute atomic E-state index is 0.344. The van der Waals surface area contributed by atoms with E-state index < -0.39 is 0 Å². The van der Waals surface area contributed by atoms with Crippen LogP contribution in [-0.4, -0.2) is 17.1 Å². The van der Waals surface area contributed by atoms with Crippen molar-refractivity contribution in [3.63, 3.8) is 0 Å². The number of thiocarbonyl (C=S) groups is 1. The van der Waals surface area contributed by atoms with Crippen molar-refractivity contribution in [2.75, 3.05) is 7.11 Å². The molecular weight excluding hydrogens is 292 g/mol. The molecule has 4 nitrogen and oxygen atoms in total. The summed E-state index contributed by atoms with van der Waals surface area (Å²) in [5.74, 6) is 0.824. The fourth-order valence-electron chi connectivity index (χ4n) is 1.74. The number of hydrogen-bond donors (Lipinski definition) is 1. The lowest BCUT2D eigenvalue weighted by Crippen LogP contribution is -2.10. The molecule has 1 aromatic heterocycles. The Labute approximate surface area is 127 Å². The maximum absolute atomic E-state index is 5.72. The first-order valence-electron chi connectivity index (χ1n) is 6.07. The molecule has 0 radical (unpaired) electrons. The van der Waals surface area contributed by atoms with E-state index in [0.29, 0.717) is 18.2 Å². The summed E-state index contributed by atoms with van der Waals surface area (Å²) in [6.07, 6.45) is 0. The first-order chi connectivity index (χ1) is 9.60. The standard InChI is InChI=1S/C14H16N2O2S2/c1-9-4-3-5-10(6-9)18-8-12-16-11(7-17-2)13(20-12)14(15)19/h3-6H,7-8H2,1-2H3,(H2,15,19). The molecule has 0 unspecified atom stereocenters. The normalized spacial score (nSPS) is 10.5. The van der Waals surface area contributed by atoms with Gasteiger partial charge in [-0.25, -0.2) is 4.98 Å². The third kappa shape index (κ3) is 3.75. The van der Waals surface area contributed by atoms with Crippen LogP contribution in [0.15, 0.2) is 24.3 Å². The van der Waals surface area contributed by atoms with Crippen LogP contribution in [0.3, 0.4) is 0 Å². The molecule has 1 heterocycles. The number of hydrogen-bond acceptors (Lipinski definition) is 5. The molecule has 0 aliphatic heterocycles. The van der Waals surface area contributed by atoms with Gasteiger partial charge in [0, 0.05) is 7.11 Å². The van der Waals surface area contributed by atoms with E-state index in [-0.39, 0.29) is 0 Å². The number of ether oxygens (including phenoxy) is 2. The van der Waals surface area contributed by atoms with Gasteiger partial charge in [-0.1, -0.05) is 24.4 Å². The molecule has 2 rings (SSSR count). The Morgan fingerprint density at radius 2 is 2.20 bits per heavy atom. The highest BCUT2D eigenvalue weighted by Gasteiger charge is 2.13. The molecule has 6 heteroatoms. The van der Waals surface area contributed by atoms with Gasteiger partial charge in [0.05, 0.1) is 17.2 Å². The zero-order valence-corrected chi connectivity index (χ0v) is 13.0. The number of nitrogens with zero attached hydrogens (tertiary/aromatic N) is 1. The van der Waals surface area contributed by atoms with Gasteiger partial charge in [-0.2, -0.15) is 0 Å².